The van der Waals surface area contributed by atoms with Crippen molar-refractivity contribution in [3.8, 4) is 0 Å². The molecule has 0 saturated heterocycles. The minimum atomic E-state index is -4.23. The third-order valence-corrected chi connectivity index (χ3v) is 8.49. The van der Waals surface area contributed by atoms with Crippen molar-refractivity contribution < 1.29 is 37.3 Å². The van der Waals surface area contributed by atoms with Gasteiger partial charge in [0.1, 0.15) is 19.3 Å². The predicted octanol–water partition coefficient (Wildman–Crippen LogP) is 9.87. The van der Waals surface area contributed by atoms with Gasteiger partial charge in [-0.25, -0.2) is 4.57 Å². The first-order valence-corrected chi connectivity index (χ1v) is 19.7. The molecule has 270 valence electrons. The van der Waals surface area contributed by atoms with Gasteiger partial charge in [-0.05, 0) is 44.9 Å². The van der Waals surface area contributed by atoms with Crippen LogP contribution >= 0.6 is 7.82 Å². The third kappa shape index (κ3) is 34.1. The number of phosphoric acid groups is 1. The van der Waals surface area contributed by atoms with Crippen LogP contribution in [0.5, 0.6) is 0 Å². The van der Waals surface area contributed by atoms with Crippen LogP contribution in [0.2, 0.25) is 0 Å². The van der Waals surface area contributed by atoms with Gasteiger partial charge in [-0.15, -0.1) is 0 Å². The number of carbonyl (C=O) groups excluding carboxylic acids is 1. The highest BCUT2D eigenvalue weighted by molar-refractivity contribution is 7.47. The molecule has 0 radical (unpaired) electrons. The van der Waals surface area contributed by atoms with Crippen LogP contribution in [-0.4, -0.2) is 75.6 Å². The van der Waals surface area contributed by atoms with E-state index in [0.29, 0.717) is 17.6 Å². The van der Waals surface area contributed by atoms with Gasteiger partial charge in [0, 0.05) is 13.0 Å². The Hall–Kier alpha value is -1.28. The standard InChI is InChI=1S/C37H70NO7P/c1-6-8-9-10-11-12-13-14-15-16-17-18-19-20-21-22-23-24-25-26-27-28-29-30-32-42-34-36(45-37(39)7-2)35-44-46(40,41)43-33-31-38(3,4)5/h13-14,16-17,19-20,36H,6-12,15,18,21-35H2,1-5H3/p+1/b14-13-,17-16-,20-19-. The molecule has 0 fully saturated rings. The van der Waals surface area contributed by atoms with E-state index in [2.05, 4.69) is 43.4 Å². The number of nitrogens with zero attached hydrogens (tertiary/aromatic N) is 1. The van der Waals surface area contributed by atoms with Gasteiger partial charge in [-0.2, -0.15) is 0 Å². The molecule has 0 spiro atoms. The molecule has 0 rings (SSSR count). The first kappa shape index (κ1) is 44.7. The largest absolute Gasteiger partial charge is 0.472 e. The number of hydrogen-bond donors (Lipinski definition) is 1. The maximum atomic E-state index is 12.2. The van der Waals surface area contributed by atoms with Crippen LogP contribution in [-0.2, 0) is 27.9 Å². The van der Waals surface area contributed by atoms with Gasteiger partial charge < -0.3 is 18.9 Å². The summed E-state index contributed by atoms with van der Waals surface area (Å²) in [5.74, 6) is -0.405. The molecule has 0 aliphatic rings. The Labute approximate surface area is 283 Å². The molecule has 0 aliphatic heterocycles. The molecular weight excluding hydrogens is 601 g/mol. The van der Waals surface area contributed by atoms with Crippen LogP contribution in [0.1, 0.15) is 136 Å². The SMILES string of the molecule is CCCCCCC/C=C\C/C=C\C/C=C\CCCCCCCCCCCOCC(COP(=O)(O)OCC[N+](C)(C)C)OC(=O)CC. The Morgan fingerprint density at radius 2 is 1.17 bits per heavy atom. The van der Waals surface area contributed by atoms with Crippen molar-refractivity contribution in [2.75, 3.05) is 54.1 Å². The summed E-state index contributed by atoms with van der Waals surface area (Å²) >= 11 is 0. The van der Waals surface area contributed by atoms with Crippen LogP contribution in [0.25, 0.3) is 0 Å². The molecule has 2 atom stereocenters. The highest BCUT2D eigenvalue weighted by Crippen LogP contribution is 2.43. The molecular formula is C37H71NO7P+. The van der Waals surface area contributed by atoms with E-state index in [1.165, 1.54) is 89.9 Å². The fourth-order valence-corrected chi connectivity index (χ4v) is 5.33. The zero-order chi connectivity index (χ0) is 34.2. The summed E-state index contributed by atoms with van der Waals surface area (Å²) in [6.07, 6.45) is 35.4. The van der Waals surface area contributed by atoms with Gasteiger partial charge >= 0.3 is 13.8 Å². The molecule has 0 aromatic heterocycles. The summed E-state index contributed by atoms with van der Waals surface area (Å²) in [5, 5.41) is 0. The number of ether oxygens (including phenoxy) is 2. The fraction of sp³-hybridized carbons (Fsp3) is 0.811. The second kappa shape index (κ2) is 31.0. The minimum absolute atomic E-state index is 0.0844. The lowest BCUT2D eigenvalue weighted by molar-refractivity contribution is -0.870. The van der Waals surface area contributed by atoms with E-state index >= 15 is 0 Å². The van der Waals surface area contributed by atoms with Crippen molar-refractivity contribution in [1.82, 2.24) is 0 Å². The van der Waals surface area contributed by atoms with E-state index in [4.69, 9.17) is 18.5 Å². The maximum absolute atomic E-state index is 12.2. The third-order valence-electron chi connectivity index (χ3n) is 7.51. The number of likely N-dealkylation sites (N-methyl/N-ethyl adjacent to an activating group) is 1. The summed E-state index contributed by atoms with van der Waals surface area (Å²) in [4.78, 5) is 21.7. The molecule has 9 heteroatoms. The number of unbranched alkanes of at least 4 members (excludes halogenated alkanes) is 14. The zero-order valence-electron chi connectivity index (χ0n) is 30.3. The van der Waals surface area contributed by atoms with E-state index < -0.39 is 19.9 Å². The second-order valence-electron chi connectivity index (χ2n) is 13.2. The molecule has 2 unspecified atom stereocenters. The number of carbonyl (C=O) groups is 1. The Kier molecular flexibility index (Phi) is 30.2. The number of hydrogen-bond acceptors (Lipinski definition) is 6. The van der Waals surface area contributed by atoms with Crippen molar-refractivity contribution in [1.29, 1.82) is 0 Å². The van der Waals surface area contributed by atoms with Gasteiger partial charge in [-0.3, -0.25) is 13.8 Å². The van der Waals surface area contributed by atoms with Gasteiger partial charge in [0.2, 0.25) is 0 Å². The highest BCUT2D eigenvalue weighted by Gasteiger charge is 2.26. The van der Waals surface area contributed by atoms with Crippen LogP contribution in [0.15, 0.2) is 36.5 Å². The molecule has 0 aromatic carbocycles. The van der Waals surface area contributed by atoms with Crippen LogP contribution in [0.3, 0.4) is 0 Å². The van der Waals surface area contributed by atoms with Crippen LogP contribution in [0, 0.1) is 0 Å². The summed E-state index contributed by atoms with van der Waals surface area (Å²) in [5.41, 5.74) is 0. The molecule has 0 aliphatic carbocycles. The van der Waals surface area contributed by atoms with E-state index in [-0.39, 0.29) is 26.2 Å². The lowest BCUT2D eigenvalue weighted by atomic mass is 10.1. The van der Waals surface area contributed by atoms with E-state index in [1.807, 2.05) is 21.1 Å². The smallest absolute Gasteiger partial charge is 0.457 e. The maximum Gasteiger partial charge on any atom is 0.472 e. The van der Waals surface area contributed by atoms with Crippen molar-refractivity contribution in [3.63, 3.8) is 0 Å². The molecule has 46 heavy (non-hydrogen) atoms. The first-order chi connectivity index (χ1) is 22.1. The monoisotopic (exact) mass is 672 g/mol. The van der Waals surface area contributed by atoms with Gasteiger partial charge in [-0.1, -0.05) is 121 Å². The van der Waals surface area contributed by atoms with E-state index in [9.17, 15) is 14.3 Å². The van der Waals surface area contributed by atoms with E-state index in [1.54, 1.807) is 6.92 Å². The molecule has 0 aromatic rings. The van der Waals surface area contributed by atoms with Crippen LogP contribution < -0.4 is 0 Å². The summed E-state index contributed by atoms with van der Waals surface area (Å²) in [6.45, 7) is 5.01. The zero-order valence-corrected chi connectivity index (χ0v) is 31.2. The van der Waals surface area contributed by atoms with Gasteiger partial charge in [0.25, 0.3) is 0 Å². The summed E-state index contributed by atoms with van der Waals surface area (Å²) in [7, 11) is 1.65. The number of phosphoric ester groups is 1. The van der Waals surface area contributed by atoms with Crippen molar-refractivity contribution in [2.45, 2.75) is 142 Å². The molecule has 0 amide bonds. The molecule has 0 heterocycles. The fourth-order valence-electron chi connectivity index (χ4n) is 4.59. The molecule has 0 bridgehead atoms. The minimum Gasteiger partial charge on any atom is -0.457 e. The average molecular weight is 673 g/mol. The number of esters is 1. The molecule has 8 nitrogen and oxygen atoms in total. The van der Waals surface area contributed by atoms with Crippen molar-refractivity contribution in [3.05, 3.63) is 36.5 Å². The predicted molar refractivity (Wildman–Crippen MR) is 192 cm³/mol. The highest BCUT2D eigenvalue weighted by atomic mass is 31.2. The number of allylic oxidation sites excluding steroid dienone is 6. The topological polar surface area (TPSA) is 91.3 Å². The normalized spacial score (nSPS) is 14.5. The Morgan fingerprint density at radius 1 is 0.674 bits per heavy atom. The Morgan fingerprint density at radius 3 is 1.70 bits per heavy atom. The summed E-state index contributed by atoms with van der Waals surface area (Å²) < 4.78 is 33.9. The van der Waals surface area contributed by atoms with E-state index in [0.717, 1.165) is 25.7 Å². The lowest BCUT2D eigenvalue weighted by Gasteiger charge is -2.24. The van der Waals surface area contributed by atoms with Crippen LogP contribution in [0.4, 0.5) is 0 Å². The van der Waals surface area contributed by atoms with Gasteiger partial charge in [0.15, 0.2) is 0 Å². The quantitative estimate of drug-likeness (QED) is 0.0244. The average Bonchev–Trinajstić information content (AvgIpc) is 3.00. The van der Waals surface area contributed by atoms with Gasteiger partial charge in [0.05, 0.1) is 34.4 Å². The Bertz CT molecular complexity index is 838. The number of rotatable bonds is 33. The van der Waals surface area contributed by atoms with Crippen molar-refractivity contribution in [2.24, 2.45) is 0 Å². The van der Waals surface area contributed by atoms with Crippen molar-refractivity contribution >= 4 is 13.8 Å². The Balaban J connectivity index is 3.73. The lowest BCUT2D eigenvalue weighted by Crippen LogP contribution is -2.37. The molecule has 0 saturated carbocycles. The molecule has 1 N–H and O–H groups in total. The summed E-state index contributed by atoms with van der Waals surface area (Å²) in [6, 6.07) is 0. The number of quaternary nitrogens is 1. The first-order valence-electron chi connectivity index (χ1n) is 18.2. The second-order valence-corrected chi connectivity index (χ2v) is 14.7.